The van der Waals surface area contributed by atoms with Crippen LogP contribution in [0.25, 0.3) is 11.3 Å². The van der Waals surface area contributed by atoms with E-state index in [1.807, 2.05) is 66.4 Å². The van der Waals surface area contributed by atoms with Crippen molar-refractivity contribution in [3.05, 3.63) is 108 Å². The molecule has 38 heavy (non-hydrogen) atoms. The molecule has 4 aromatic rings. The average Bonchev–Trinajstić information content (AvgIpc) is 3.54. The summed E-state index contributed by atoms with van der Waals surface area (Å²) in [5, 5.41) is 16.2. The SMILES string of the molecule is Cc1ccccc1NC(=O)CCN1C(=S)NC(c2ccccn2)C1c1ccc(-c2cccc(C(=O)O)c2)o1. The molecule has 0 aliphatic carbocycles. The van der Waals surface area contributed by atoms with Crippen LogP contribution in [0.2, 0.25) is 0 Å². The fourth-order valence-corrected chi connectivity index (χ4v) is 4.91. The molecule has 0 saturated carbocycles. The minimum atomic E-state index is -1.01. The van der Waals surface area contributed by atoms with E-state index in [4.69, 9.17) is 16.6 Å². The summed E-state index contributed by atoms with van der Waals surface area (Å²) in [6.45, 7) is 2.31. The van der Waals surface area contributed by atoms with Gasteiger partial charge in [-0.05, 0) is 67.2 Å². The first kappa shape index (κ1) is 25.2. The Balaban J connectivity index is 1.41. The molecule has 2 aromatic heterocycles. The summed E-state index contributed by atoms with van der Waals surface area (Å²) < 4.78 is 6.27. The lowest BCUT2D eigenvalue weighted by Gasteiger charge is -2.26. The van der Waals surface area contributed by atoms with Gasteiger partial charge in [-0.15, -0.1) is 0 Å². The van der Waals surface area contributed by atoms with E-state index >= 15 is 0 Å². The van der Waals surface area contributed by atoms with Gasteiger partial charge in [-0.3, -0.25) is 9.78 Å². The van der Waals surface area contributed by atoms with Crippen LogP contribution in [0, 0.1) is 6.92 Å². The van der Waals surface area contributed by atoms with Gasteiger partial charge in [0.15, 0.2) is 5.11 Å². The molecule has 2 unspecified atom stereocenters. The Morgan fingerprint density at radius 3 is 2.66 bits per heavy atom. The van der Waals surface area contributed by atoms with Crippen molar-refractivity contribution >= 4 is 34.9 Å². The Morgan fingerprint density at radius 1 is 1.08 bits per heavy atom. The Labute approximate surface area is 225 Å². The zero-order valence-corrected chi connectivity index (χ0v) is 21.4. The third kappa shape index (κ3) is 5.28. The van der Waals surface area contributed by atoms with Crippen LogP contribution in [0.3, 0.4) is 0 Å². The number of amides is 1. The second-order valence-corrected chi connectivity index (χ2v) is 9.41. The first-order chi connectivity index (χ1) is 18.4. The van der Waals surface area contributed by atoms with Crippen LogP contribution in [-0.2, 0) is 4.79 Å². The molecule has 1 aliphatic heterocycles. The zero-order chi connectivity index (χ0) is 26.6. The maximum Gasteiger partial charge on any atom is 0.335 e. The highest BCUT2D eigenvalue weighted by atomic mass is 32.1. The Hall–Kier alpha value is -4.50. The Kier molecular flexibility index (Phi) is 7.19. The van der Waals surface area contributed by atoms with E-state index in [9.17, 15) is 14.7 Å². The first-order valence-corrected chi connectivity index (χ1v) is 12.6. The first-order valence-electron chi connectivity index (χ1n) is 12.2. The lowest BCUT2D eigenvalue weighted by atomic mass is 10.0. The van der Waals surface area contributed by atoms with Crippen LogP contribution in [0.5, 0.6) is 0 Å². The number of hydrogen-bond donors (Lipinski definition) is 3. The van der Waals surface area contributed by atoms with Crippen molar-refractivity contribution in [2.75, 3.05) is 11.9 Å². The predicted molar refractivity (Wildman–Crippen MR) is 148 cm³/mol. The molecule has 5 rings (SSSR count). The lowest BCUT2D eigenvalue weighted by molar-refractivity contribution is -0.116. The second kappa shape index (κ2) is 10.9. The molecule has 1 aliphatic rings. The van der Waals surface area contributed by atoms with Crippen LogP contribution in [0.15, 0.2) is 89.5 Å². The number of thiocarbonyl (C=S) groups is 1. The van der Waals surface area contributed by atoms with Crippen LogP contribution < -0.4 is 10.6 Å². The molecule has 1 amide bonds. The highest BCUT2D eigenvalue weighted by Crippen LogP contribution is 2.40. The van der Waals surface area contributed by atoms with Crippen LogP contribution in [0.1, 0.15) is 45.9 Å². The maximum atomic E-state index is 12.8. The van der Waals surface area contributed by atoms with Gasteiger partial charge in [-0.2, -0.15) is 0 Å². The summed E-state index contributed by atoms with van der Waals surface area (Å²) in [6.07, 6.45) is 1.94. The maximum absolute atomic E-state index is 12.8. The molecule has 8 nitrogen and oxygen atoms in total. The highest BCUT2D eigenvalue weighted by Gasteiger charge is 2.41. The molecule has 9 heteroatoms. The third-order valence-electron chi connectivity index (χ3n) is 6.51. The molecule has 0 radical (unpaired) electrons. The molecular formula is C29H26N4O4S. The minimum absolute atomic E-state index is 0.118. The normalized spacial score (nSPS) is 16.8. The summed E-state index contributed by atoms with van der Waals surface area (Å²) >= 11 is 5.69. The number of aryl methyl sites for hydroxylation is 1. The van der Waals surface area contributed by atoms with E-state index in [-0.39, 0.29) is 30.0 Å². The largest absolute Gasteiger partial charge is 0.478 e. The fourth-order valence-electron chi connectivity index (χ4n) is 4.58. The van der Waals surface area contributed by atoms with Crippen molar-refractivity contribution in [1.82, 2.24) is 15.2 Å². The molecular weight excluding hydrogens is 500 g/mol. The van der Waals surface area contributed by atoms with E-state index in [1.165, 1.54) is 6.07 Å². The van der Waals surface area contributed by atoms with Crippen LogP contribution in [0.4, 0.5) is 5.69 Å². The summed E-state index contributed by atoms with van der Waals surface area (Å²) in [5.74, 6) is 0.0445. The van der Waals surface area contributed by atoms with Crippen molar-refractivity contribution < 1.29 is 19.1 Å². The van der Waals surface area contributed by atoms with Crippen molar-refractivity contribution in [3.63, 3.8) is 0 Å². The standard InChI is InChI=1S/C29H26N4O4S/c1-18-7-2-3-10-21(18)31-25(34)14-16-33-27(26(32-29(33)38)22-11-4-5-15-30-22)24-13-12-23(37-24)19-8-6-9-20(17-19)28(35)36/h2-13,15,17,26-27H,14,16H2,1H3,(H,31,34)(H,32,38)(H,35,36). The number of carboxylic acid groups (broad SMARTS) is 1. The number of aromatic carboxylic acids is 1. The number of carbonyl (C=O) groups is 2. The molecule has 1 saturated heterocycles. The molecule has 3 heterocycles. The monoisotopic (exact) mass is 526 g/mol. The van der Waals surface area contributed by atoms with Crippen LogP contribution >= 0.6 is 12.2 Å². The number of benzene rings is 2. The zero-order valence-electron chi connectivity index (χ0n) is 20.6. The summed E-state index contributed by atoms with van der Waals surface area (Å²) in [4.78, 5) is 30.7. The van der Waals surface area contributed by atoms with E-state index in [1.54, 1.807) is 24.4 Å². The van der Waals surface area contributed by atoms with E-state index in [2.05, 4.69) is 15.6 Å². The molecule has 192 valence electrons. The van der Waals surface area contributed by atoms with Gasteiger partial charge in [0.1, 0.15) is 17.6 Å². The number of rotatable bonds is 8. The highest BCUT2D eigenvalue weighted by molar-refractivity contribution is 7.80. The number of nitrogens with zero attached hydrogens (tertiary/aromatic N) is 2. The number of nitrogens with one attached hydrogen (secondary N) is 2. The lowest BCUT2D eigenvalue weighted by Crippen LogP contribution is -2.32. The molecule has 3 N–H and O–H groups in total. The Bertz CT molecular complexity index is 1490. The number of hydrogen-bond acceptors (Lipinski definition) is 5. The molecule has 2 atom stereocenters. The Morgan fingerprint density at radius 2 is 1.89 bits per heavy atom. The number of para-hydroxylation sites is 1. The third-order valence-corrected chi connectivity index (χ3v) is 6.86. The number of aromatic nitrogens is 1. The predicted octanol–water partition coefficient (Wildman–Crippen LogP) is 5.35. The van der Waals surface area contributed by atoms with Gasteiger partial charge in [-0.25, -0.2) is 4.79 Å². The summed E-state index contributed by atoms with van der Waals surface area (Å²) in [5.41, 5.74) is 3.39. The van der Waals surface area contributed by atoms with Gasteiger partial charge in [0.25, 0.3) is 0 Å². The molecule has 1 fully saturated rings. The molecule has 0 bridgehead atoms. The van der Waals surface area contributed by atoms with Crippen LogP contribution in [-0.4, -0.2) is 38.5 Å². The van der Waals surface area contributed by atoms with Crippen molar-refractivity contribution in [2.24, 2.45) is 0 Å². The number of carboxylic acids is 1. The van der Waals surface area contributed by atoms with E-state index in [0.29, 0.717) is 28.7 Å². The van der Waals surface area contributed by atoms with E-state index < -0.39 is 5.97 Å². The van der Waals surface area contributed by atoms with Gasteiger partial charge < -0.3 is 25.1 Å². The quantitative estimate of drug-likeness (QED) is 0.264. The van der Waals surface area contributed by atoms with Gasteiger partial charge in [-0.1, -0.05) is 36.4 Å². The smallest absolute Gasteiger partial charge is 0.335 e. The fraction of sp³-hybridized carbons (Fsp3) is 0.172. The number of carbonyl (C=O) groups excluding carboxylic acids is 1. The molecule has 2 aromatic carbocycles. The number of pyridine rings is 1. The van der Waals surface area contributed by atoms with Gasteiger partial charge in [0, 0.05) is 30.4 Å². The summed E-state index contributed by atoms with van der Waals surface area (Å²) in [6, 6.07) is 22.9. The number of anilines is 1. The van der Waals surface area contributed by atoms with E-state index in [0.717, 1.165) is 16.9 Å². The topological polar surface area (TPSA) is 108 Å². The van der Waals surface area contributed by atoms with Gasteiger partial charge in [0.2, 0.25) is 5.91 Å². The average molecular weight is 527 g/mol. The van der Waals surface area contributed by atoms with Gasteiger partial charge in [0.05, 0.1) is 17.3 Å². The summed E-state index contributed by atoms with van der Waals surface area (Å²) in [7, 11) is 0. The molecule has 0 spiro atoms. The van der Waals surface area contributed by atoms with Crippen molar-refractivity contribution in [1.29, 1.82) is 0 Å². The van der Waals surface area contributed by atoms with Gasteiger partial charge >= 0.3 is 5.97 Å². The minimum Gasteiger partial charge on any atom is -0.478 e. The van der Waals surface area contributed by atoms with Crippen molar-refractivity contribution in [3.8, 4) is 11.3 Å². The van der Waals surface area contributed by atoms with Crippen molar-refractivity contribution in [2.45, 2.75) is 25.4 Å². The number of furan rings is 1. The second-order valence-electron chi connectivity index (χ2n) is 9.02.